The van der Waals surface area contributed by atoms with Crippen LogP contribution in [-0.2, 0) is 17.1 Å². The molecule has 8 heteroatoms. The summed E-state index contributed by atoms with van der Waals surface area (Å²) in [6.07, 6.45) is 4.09. The Morgan fingerprint density at radius 3 is 2.71 bits per heavy atom. The zero-order valence-electron chi connectivity index (χ0n) is 12.1. The van der Waals surface area contributed by atoms with Gasteiger partial charge in [0, 0.05) is 38.4 Å². The molecule has 1 atom stereocenters. The summed E-state index contributed by atoms with van der Waals surface area (Å²) in [5.41, 5.74) is 0.195. The largest absolute Gasteiger partial charge is 0.348 e. The predicted octanol–water partition coefficient (Wildman–Crippen LogP) is -0.461. The van der Waals surface area contributed by atoms with E-state index in [1.165, 1.54) is 33.5 Å². The van der Waals surface area contributed by atoms with E-state index in [-0.39, 0.29) is 24.1 Å². The second kappa shape index (κ2) is 5.98. The molecule has 0 aromatic carbocycles. The molecular formula is C13H19N3O4S. The lowest BCUT2D eigenvalue weighted by Gasteiger charge is -2.31. The first-order valence-corrected chi connectivity index (χ1v) is 8.55. The molecule has 2 rings (SSSR count). The van der Waals surface area contributed by atoms with Crippen molar-refractivity contribution in [3.63, 3.8) is 0 Å². The molecule has 0 saturated carbocycles. The Hall–Kier alpha value is -1.67. The smallest absolute Gasteiger partial charge is 0.253 e. The lowest BCUT2D eigenvalue weighted by atomic mass is 10.1. The van der Waals surface area contributed by atoms with E-state index in [1.807, 2.05) is 0 Å². The van der Waals surface area contributed by atoms with Gasteiger partial charge >= 0.3 is 0 Å². The van der Waals surface area contributed by atoms with E-state index < -0.39 is 10.0 Å². The molecule has 0 bridgehead atoms. The van der Waals surface area contributed by atoms with Crippen LogP contribution in [0, 0.1) is 0 Å². The number of nitrogens with zero attached hydrogens (tertiary/aromatic N) is 2. The van der Waals surface area contributed by atoms with Crippen LogP contribution in [0.5, 0.6) is 0 Å². The third kappa shape index (κ3) is 3.92. The fourth-order valence-electron chi connectivity index (χ4n) is 2.36. The van der Waals surface area contributed by atoms with Gasteiger partial charge in [-0.05, 0) is 18.9 Å². The zero-order chi connectivity index (χ0) is 15.6. The number of carbonyl (C=O) groups excluding carboxylic acids is 1. The number of pyridine rings is 1. The molecule has 21 heavy (non-hydrogen) atoms. The number of carbonyl (C=O) groups is 1. The Labute approximate surface area is 123 Å². The van der Waals surface area contributed by atoms with Gasteiger partial charge in [-0.2, -0.15) is 0 Å². The van der Waals surface area contributed by atoms with Crippen LogP contribution >= 0.6 is 0 Å². The van der Waals surface area contributed by atoms with Crippen molar-refractivity contribution < 1.29 is 13.2 Å². The topological polar surface area (TPSA) is 88.5 Å². The molecule has 1 amide bonds. The fraction of sp³-hybridized carbons (Fsp3) is 0.538. The van der Waals surface area contributed by atoms with E-state index in [1.54, 1.807) is 7.05 Å². The fourth-order valence-corrected chi connectivity index (χ4v) is 3.27. The number of rotatable bonds is 3. The van der Waals surface area contributed by atoms with Gasteiger partial charge in [0.2, 0.25) is 15.6 Å². The Kier molecular flexibility index (Phi) is 4.48. The zero-order valence-corrected chi connectivity index (χ0v) is 12.9. The summed E-state index contributed by atoms with van der Waals surface area (Å²) in [6, 6.07) is 2.59. The first-order valence-electron chi connectivity index (χ1n) is 6.70. The normalized spacial score (nSPS) is 20.2. The van der Waals surface area contributed by atoms with E-state index in [2.05, 4.69) is 5.32 Å². The lowest BCUT2D eigenvalue weighted by Crippen LogP contribution is -2.49. The summed E-state index contributed by atoms with van der Waals surface area (Å²) in [5.74, 6) is -0.300. The number of nitrogens with one attached hydrogen (secondary N) is 1. The standard InChI is InChI=1S/C13H19N3O4S/c1-15-8-10(5-6-12(15)17)13(18)14-11-4-3-7-16(9-11)21(2,19)20/h5-6,8,11H,3-4,7,9H2,1-2H3,(H,14,18)/t11-/m0/s1. The molecular weight excluding hydrogens is 294 g/mol. The van der Waals surface area contributed by atoms with Gasteiger partial charge in [-0.25, -0.2) is 12.7 Å². The Morgan fingerprint density at radius 2 is 2.10 bits per heavy atom. The van der Waals surface area contributed by atoms with Crippen molar-refractivity contribution in [1.29, 1.82) is 0 Å². The summed E-state index contributed by atoms with van der Waals surface area (Å²) in [6.45, 7) is 0.779. The summed E-state index contributed by atoms with van der Waals surface area (Å²) < 4.78 is 25.8. The quantitative estimate of drug-likeness (QED) is 0.818. The molecule has 1 aliphatic rings. The molecule has 1 saturated heterocycles. The van der Waals surface area contributed by atoms with E-state index >= 15 is 0 Å². The molecule has 1 aliphatic heterocycles. The summed E-state index contributed by atoms with van der Waals surface area (Å²) >= 11 is 0. The molecule has 0 radical (unpaired) electrons. The van der Waals surface area contributed by atoms with Gasteiger partial charge in [-0.1, -0.05) is 0 Å². The van der Waals surface area contributed by atoms with Gasteiger partial charge in [0.1, 0.15) is 0 Å². The molecule has 1 fully saturated rings. The van der Waals surface area contributed by atoms with E-state index in [0.717, 1.165) is 6.42 Å². The van der Waals surface area contributed by atoms with Gasteiger partial charge in [-0.15, -0.1) is 0 Å². The minimum absolute atomic E-state index is 0.188. The molecule has 0 aliphatic carbocycles. The van der Waals surface area contributed by atoms with Gasteiger partial charge < -0.3 is 9.88 Å². The van der Waals surface area contributed by atoms with Crippen molar-refractivity contribution in [3.05, 3.63) is 34.2 Å². The molecule has 7 nitrogen and oxygen atoms in total. The highest BCUT2D eigenvalue weighted by Gasteiger charge is 2.27. The lowest BCUT2D eigenvalue weighted by molar-refractivity contribution is 0.0920. The SMILES string of the molecule is Cn1cc(C(=O)N[C@H]2CCCN(S(C)(=O)=O)C2)ccc1=O. The second-order valence-electron chi connectivity index (χ2n) is 5.30. The van der Waals surface area contributed by atoms with Crippen LogP contribution in [0.3, 0.4) is 0 Å². The Balaban J connectivity index is 2.05. The molecule has 1 N–H and O–H groups in total. The summed E-state index contributed by atoms with van der Waals surface area (Å²) in [7, 11) is -1.66. The van der Waals surface area contributed by atoms with Crippen LogP contribution < -0.4 is 10.9 Å². The highest BCUT2D eigenvalue weighted by atomic mass is 32.2. The summed E-state index contributed by atoms with van der Waals surface area (Å²) in [4.78, 5) is 23.4. The van der Waals surface area contributed by atoms with Crippen LogP contribution in [0.2, 0.25) is 0 Å². The molecule has 0 unspecified atom stereocenters. The maximum atomic E-state index is 12.1. The van der Waals surface area contributed by atoms with E-state index in [4.69, 9.17) is 0 Å². The van der Waals surface area contributed by atoms with Crippen molar-refractivity contribution in [3.8, 4) is 0 Å². The molecule has 1 aromatic heterocycles. The maximum absolute atomic E-state index is 12.1. The monoisotopic (exact) mass is 313 g/mol. The number of piperidine rings is 1. The van der Waals surface area contributed by atoms with Gasteiger partial charge in [-0.3, -0.25) is 9.59 Å². The first-order chi connectivity index (χ1) is 9.77. The van der Waals surface area contributed by atoms with Gasteiger partial charge in [0.25, 0.3) is 5.91 Å². The van der Waals surface area contributed by atoms with Crippen molar-refractivity contribution in [1.82, 2.24) is 14.2 Å². The minimum atomic E-state index is -3.23. The number of aromatic nitrogens is 1. The average Bonchev–Trinajstić information content (AvgIpc) is 2.41. The minimum Gasteiger partial charge on any atom is -0.348 e. The number of hydrogen-bond donors (Lipinski definition) is 1. The highest BCUT2D eigenvalue weighted by molar-refractivity contribution is 7.88. The third-order valence-electron chi connectivity index (χ3n) is 3.54. The molecule has 0 spiro atoms. The summed E-state index contributed by atoms with van der Waals surface area (Å²) in [5, 5.41) is 2.82. The number of aryl methyl sites for hydroxylation is 1. The number of amides is 1. The molecule has 2 heterocycles. The van der Waals surface area contributed by atoms with Gasteiger partial charge in [0.05, 0.1) is 11.8 Å². The molecule has 116 valence electrons. The van der Waals surface area contributed by atoms with Crippen LogP contribution in [0.4, 0.5) is 0 Å². The van der Waals surface area contributed by atoms with Crippen molar-refractivity contribution in [2.45, 2.75) is 18.9 Å². The second-order valence-corrected chi connectivity index (χ2v) is 7.28. The van der Waals surface area contributed by atoms with E-state index in [0.29, 0.717) is 18.5 Å². The van der Waals surface area contributed by atoms with Crippen molar-refractivity contribution in [2.75, 3.05) is 19.3 Å². The number of sulfonamides is 1. The number of hydrogen-bond acceptors (Lipinski definition) is 4. The molecule has 1 aromatic rings. The van der Waals surface area contributed by atoms with Crippen LogP contribution in [0.1, 0.15) is 23.2 Å². The van der Waals surface area contributed by atoms with Crippen LogP contribution in [0.15, 0.2) is 23.1 Å². The van der Waals surface area contributed by atoms with Gasteiger partial charge in [0.15, 0.2) is 0 Å². The van der Waals surface area contributed by atoms with E-state index in [9.17, 15) is 18.0 Å². The van der Waals surface area contributed by atoms with Crippen molar-refractivity contribution >= 4 is 15.9 Å². The third-order valence-corrected chi connectivity index (χ3v) is 4.81. The van der Waals surface area contributed by atoms with Crippen LogP contribution in [-0.4, -0.2) is 48.6 Å². The predicted molar refractivity (Wildman–Crippen MR) is 78.6 cm³/mol. The average molecular weight is 313 g/mol. The maximum Gasteiger partial charge on any atom is 0.253 e. The first kappa shape index (κ1) is 15.7. The van der Waals surface area contributed by atoms with Crippen LogP contribution in [0.25, 0.3) is 0 Å². The van der Waals surface area contributed by atoms with Crippen molar-refractivity contribution in [2.24, 2.45) is 7.05 Å². The highest BCUT2D eigenvalue weighted by Crippen LogP contribution is 2.13. The Bertz CT molecular complexity index is 696. The Morgan fingerprint density at radius 1 is 1.38 bits per heavy atom.